The lowest BCUT2D eigenvalue weighted by Crippen LogP contribution is -2.37. The molecule has 1 aromatic carbocycles. The van der Waals surface area contributed by atoms with Crippen LogP contribution in [0.15, 0.2) is 36.4 Å². The average Bonchev–Trinajstić information content (AvgIpc) is 2.97. The second kappa shape index (κ2) is 6.11. The van der Waals surface area contributed by atoms with Crippen LogP contribution in [-0.2, 0) is 4.79 Å². The first-order valence-electron chi connectivity index (χ1n) is 7.13. The van der Waals surface area contributed by atoms with E-state index in [9.17, 15) is 9.18 Å². The number of hydrogen-bond acceptors (Lipinski definition) is 3. The van der Waals surface area contributed by atoms with Gasteiger partial charge in [0, 0.05) is 13.1 Å². The summed E-state index contributed by atoms with van der Waals surface area (Å²) in [5, 5.41) is 7.29. The van der Waals surface area contributed by atoms with E-state index in [1.54, 1.807) is 12.1 Å². The molecule has 2 heterocycles. The van der Waals surface area contributed by atoms with Gasteiger partial charge in [-0.1, -0.05) is 6.08 Å². The first kappa shape index (κ1) is 14.5. The van der Waals surface area contributed by atoms with Crippen molar-refractivity contribution in [3.8, 4) is 11.3 Å². The quantitative estimate of drug-likeness (QED) is 0.904. The highest BCUT2D eigenvalue weighted by Gasteiger charge is 2.17. The molecule has 0 bridgehead atoms. The molecule has 0 atom stereocenters. The molecule has 1 aromatic heterocycles. The highest BCUT2D eigenvalue weighted by molar-refractivity contribution is 5.77. The van der Waals surface area contributed by atoms with Crippen molar-refractivity contribution < 1.29 is 9.18 Å². The molecule has 3 N–H and O–H groups in total. The van der Waals surface area contributed by atoms with Gasteiger partial charge in [0.2, 0.25) is 5.91 Å². The second-order valence-electron chi connectivity index (χ2n) is 5.37. The van der Waals surface area contributed by atoms with Crippen molar-refractivity contribution in [1.82, 2.24) is 15.1 Å². The summed E-state index contributed by atoms with van der Waals surface area (Å²) < 4.78 is 13.0. The van der Waals surface area contributed by atoms with Crippen molar-refractivity contribution in [2.24, 2.45) is 5.73 Å². The zero-order chi connectivity index (χ0) is 15.5. The fraction of sp³-hybridized carbons (Fsp3) is 0.250. The van der Waals surface area contributed by atoms with Crippen molar-refractivity contribution in [3.63, 3.8) is 0 Å². The minimum Gasteiger partial charge on any atom is -0.369 e. The number of benzene rings is 1. The Bertz CT molecular complexity index is 705. The van der Waals surface area contributed by atoms with Gasteiger partial charge in [-0.25, -0.2) is 4.39 Å². The van der Waals surface area contributed by atoms with Crippen LogP contribution in [0.25, 0.3) is 16.8 Å². The first-order chi connectivity index (χ1) is 10.6. The van der Waals surface area contributed by atoms with Crippen molar-refractivity contribution in [1.29, 1.82) is 0 Å². The minimum atomic E-state index is -0.324. The summed E-state index contributed by atoms with van der Waals surface area (Å²) in [6.45, 7) is 1.73. The van der Waals surface area contributed by atoms with Gasteiger partial charge in [0.05, 0.1) is 17.9 Å². The van der Waals surface area contributed by atoms with Crippen LogP contribution < -0.4 is 5.73 Å². The van der Waals surface area contributed by atoms with E-state index in [4.69, 9.17) is 5.73 Å². The van der Waals surface area contributed by atoms with Crippen LogP contribution in [0.3, 0.4) is 0 Å². The predicted molar refractivity (Wildman–Crippen MR) is 82.2 cm³/mol. The maximum atomic E-state index is 13.0. The van der Waals surface area contributed by atoms with Crippen LogP contribution in [0, 0.1) is 5.82 Å². The Morgan fingerprint density at radius 3 is 2.86 bits per heavy atom. The number of nitrogens with one attached hydrogen (secondary N) is 1. The molecule has 0 radical (unpaired) electrons. The monoisotopic (exact) mass is 300 g/mol. The van der Waals surface area contributed by atoms with Gasteiger partial charge >= 0.3 is 0 Å². The number of hydrogen-bond donors (Lipinski definition) is 2. The molecule has 1 aliphatic heterocycles. The Kier molecular flexibility index (Phi) is 4.02. The van der Waals surface area contributed by atoms with Gasteiger partial charge in [-0.3, -0.25) is 14.8 Å². The number of nitrogens with zero attached hydrogens (tertiary/aromatic N) is 2. The number of aromatic nitrogens is 2. The van der Waals surface area contributed by atoms with E-state index >= 15 is 0 Å². The normalized spacial score (nSPS) is 15.6. The van der Waals surface area contributed by atoms with E-state index in [1.165, 1.54) is 12.1 Å². The number of aromatic amines is 1. The van der Waals surface area contributed by atoms with E-state index in [2.05, 4.69) is 16.3 Å². The third-order valence-electron chi connectivity index (χ3n) is 3.67. The molecule has 0 fully saturated rings. The molecule has 22 heavy (non-hydrogen) atoms. The summed E-state index contributed by atoms with van der Waals surface area (Å²) in [5.41, 5.74) is 8.87. The van der Waals surface area contributed by atoms with Crippen molar-refractivity contribution in [2.75, 3.05) is 19.6 Å². The molecule has 0 unspecified atom stereocenters. The highest BCUT2D eigenvalue weighted by Crippen LogP contribution is 2.24. The smallest absolute Gasteiger partial charge is 0.231 e. The number of primary amides is 1. The molecule has 114 valence electrons. The van der Waals surface area contributed by atoms with Crippen LogP contribution in [-0.4, -0.2) is 40.6 Å². The zero-order valence-electron chi connectivity index (χ0n) is 12.1. The Labute approximate surface area is 127 Å². The summed E-state index contributed by atoms with van der Waals surface area (Å²) >= 11 is 0. The molecular weight excluding hydrogens is 283 g/mol. The summed E-state index contributed by atoms with van der Waals surface area (Å²) in [6, 6.07) is 8.20. The van der Waals surface area contributed by atoms with Crippen molar-refractivity contribution >= 4 is 11.5 Å². The first-order valence-corrected chi connectivity index (χ1v) is 7.13. The lowest BCUT2D eigenvalue weighted by atomic mass is 10.1. The van der Waals surface area contributed by atoms with Gasteiger partial charge in [0.15, 0.2) is 0 Å². The Balaban J connectivity index is 1.77. The Hall–Kier alpha value is -2.47. The molecular formula is C16H17FN4O. The molecule has 1 amide bonds. The van der Waals surface area contributed by atoms with Gasteiger partial charge in [0.1, 0.15) is 5.82 Å². The number of amides is 1. The molecule has 6 heteroatoms. The van der Waals surface area contributed by atoms with Crippen LogP contribution in [0.2, 0.25) is 0 Å². The number of carbonyl (C=O) groups is 1. The summed E-state index contributed by atoms with van der Waals surface area (Å²) in [7, 11) is 0. The number of nitrogens with two attached hydrogens (primary N) is 1. The predicted octanol–water partition coefficient (Wildman–Crippen LogP) is 1.79. The standard InChI is InChI=1S/C16H17FN4O/c17-13-5-3-11(4-6-13)14-8-15(20-19-14)12-2-1-7-21(9-12)10-16(18)22/h2-6,8H,1,7,9-10H2,(H2,18,22)(H,19,20). The fourth-order valence-electron chi connectivity index (χ4n) is 2.61. The molecule has 5 nitrogen and oxygen atoms in total. The van der Waals surface area contributed by atoms with Crippen LogP contribution in [0.4, 0.5) is 4.39 Å². The van der Waals surface area contributed by atoms with Gasteiger partial charge in [-0.05, 0) is 47.9 Å². The van der Waals surface area contributed by atoms with E-state index in [-0.39, 0.29) is 18.3 Å². The van der Waals surface area contributed by atoms with Crippen LogP contribution in [0.5, 0.6) is 0 Å². The van der Waals surface area contributed by atoms with Crippen LogP contribution >= 0.6 is 0 Å². The topological polar surface area (TPSA) is 75.0 Å². The fourth-order valence-corrected chi connectivity index (χ4v) is 2.61. The van der Waals surface area contributed by atoms with Gasteiger partial charge in [-0.15, -0.1) is 0 Å². The zero-order valence-corrected chi connectivity index (χ0v) is 12.1. The van der Waals surface area contributed by atoms with Crippen molar-refractivity contribution in [3.05, 3.63) is 47.9 Å². The number of rotatable bonds is 4. The summed E-state index contributed by atoms with van der Waals surface area (Å²) in [5.74, 6) is -0.587. The van der Waals surface area contributed by atoms with Crippen LogP contribution in [0.1, 0.15) is 12.1 Å². The lowest BCUT2D eigenvalue weighted by Gasteiger charge is -2.25. The molecule has 3 rings (SSSR count). The maximum absolute atomic E-state index is 13.0. The van der Waals surface area contributed by atoms with E-state index in [1.807, 2.05) is 11.0 Å². The Morgan fingerprint density at radius 1 is 1.36 bits per heavy atom. The van der Waals surface area contributed by atoms with E-state index in [0.717, 1.165) is 35.5 Å². The highest BCUT2D eigenvalue weighted by atomic mass is 19.1. The minimum absolute atomic E-state index is 0.257. The lowest BCUT2D eigenvalue weighted by molar-refractivity contribution is -0.119. The average molecular weight is 300 g/mol. The maximum Gasteiger partial charge on any atom is 0.231 e. The molecule has 0 spiro atoms. The Morgan fingerprint density at radius 2 is 2.14 bits per heavy atom. The number of halogens is 1. The molecule has 0 aliphatic carbocycles. The third-order valence-corrected chi connectivity index (χ3v) is 3.67. The number of H-pyrrole nitrogens is 1. The molecule has 0 saturated carbocycles. The van der Waals surface area contributed by atoms with Gasteiger partial charge in [-0.2, -0.15) is 5.10 Å². The summed E-state index contributed by atoms with van der Waals surface area (Å²) in [4.78, 5) is 13.0. The van der Waals surface area contributed by atoms with E-state index in [0.29, 0.717) is 6.54 Å². The van der Waals surface area contributed by atoms with E-state index < -0.39 is 0 Å². The van der Waals surface area contributed by atoms with Gasteiger partial charge in [0.25, 0.3) is 0 Å². The molecule has 2 aromatic rings. The SMILES string of the molecule is NC(=O)CN1CCC=C(c2cc(-c3ccc(F)cc3)[nH]n2)C1. The van der Waals surface area contributed by atoms with Gasteiger partial charge < -0.3 is 5.73 Å². The number of carbonyl (C=O) groups excluding carboxylic acids is 1. The molecule has 0 saturated heterocycles. The molecule has 1 aliphatic rings. The summed E-state index contributed by atoms with van der Waals surface area (Å²) in [6.07, 6.45) is 2.99. The van der Waals surface area contributed by atoms with Crippen molar-refractivity contribution in [2.45, 2.75) is 6.42 Å². The largest absolute Gasteiger partial charge is 0.369 e. The third kappa shape index (κ3) is 3.23. The second-order valence-corrected chi connectivity index (χ2v) is 5.37.